The topological polar surface area (TPSA) is 42.1 Å². The summed E-state index contributed by atoms with van der Waals surface area (Å²) in [5.74, 6) is 1.02. The van der Waals surface area contributed by atoms with Gasteiger partial charge in [0.15, 0.2) is 0 Å². The summed E-state index contributed by atoms with van der Waals surface area (Å²) in [7, 11) is 0. The van der Waals surface area contributed by atoms with Crippen LogP contribution in [0.15, 0.2) is 12.1 Å². The molecule has 1 saturated heterocycles. The van der Waals surface area contributed by atoms with Crippen molar-refractivity contribution in [2.24, 2.45) is 5.73 Å². The lowest BCUT2D eigenvalue weighted by atomic mass is 10.1. The molecule has 16 heavy (non-hydrogen) atoms. The molecule has 0 bridgehead atoms. The van der Waals surface area contributed by atoms with E-state index in [1.165, 1.54) is 19.3 Å². The Bertz CT molecular complexity index is 397. The largest absolute Gasteiger partial charge is 0.389 e. The smallest absolute Gasteiger partial charge is 0.129 e. The van der Waals surface area contributed by atoms with Crippen LogP contribution in [0.5, 0.6) is 0 Å². The Hall–Kier alpha value is -1.16. The average molecular weight is 235 g/mol. The molecule has 4 heteroatoms. The standard InChI is InChI=1S/C12H17N3S/c1-9-7-10(12(13)16)8-11(14-9)15-5-3-2-4-6-15/h7-8H,2-6H2,1H3,(H2,13,16). The van der Waals surface area contributed by atoms with Gasteiger partial charge < -0.3 is 10.6 Å². The molecule has 1 aliphatic rings. The molecule has 0 radical (unpaired) electrons. The number of hydrogen-bond donors (Lipinski definition) is 1. The second-order valence-corrected chi connectivity index (χ2v) is 4.71. The van der Waals surface area contributed by atoms with Crippen molar-refractivity contribution < 1.29 is 0 Å². The van der Waals surface area contributed by atoms with Crippen molar-refractivity contribution in [2.75, 3.05) is 18.0 Å². The molecule has 1 fully saturated rings. The highest BCUT2D eigenvalue weighted by Crippen LogP contribution is 2.19. The van der Waals surface area contributed by atoms with E-state index in [4.69, 9.17) is 18.0 Å². The zero-order valence-electron chi connectivity index (χ0n) is 9.57. The predicted molar refractivity (Wildman–Crippen MR) is 70.9 cm³/mol. The predicted octanol–water partition coefficient (Wildman–Crippen LogP) is 2.01. The molecule has 0 atom stereocenters. The minimum Gasteiger partial charge on any atom is -0.389 e. The average Bonchev–Trinajstić information content (AvgIpc) is 2.29. The second kappa shape index (κ2) is 4.78. The first-order chi connectivity index (χ1) is 7.66. The van der Waals surface area contributed by atoms with Crippen LogP contribution in [-0.2, 0) is 0 Å². The fourth-order valence-corrected chi connectivity index (χ4v) is 2.20. The van der Waals surface area contributed by atoms with Crippen LogP contribution in [0.3, 0.4) is 0 Å². The number of anilines is 1. The molecule has 0 unspecified atom stereocenters. The monoisotopic (exact) mass is 235 g/mol. The molecule has 2 rings (SSSR count). The Morgan fingerprint density at radius 1 is 1.31 bits per heavy atom. The highest BCUT2D eigenvalue weighted by Gasteiger charge is 2.13. The number of rotatable bonds is 2. The second-order valence-electron chi connectivity index (χ2n) is 4.27. The van der Waals surface area contributed by atoms with E-state index < -0.39 is 0 Å². The van der Waals surface area contributed by atoms with Crippen LogP contribution in [0.4, 0.5) is 5.82 Å². The van der Waals surface area contributed by atoms with Crippen molar-refractivity contribution in [3.63, 3.8) is 0 Å². The summed E-state index contributed by atoms with van der Waals surface area (Å²) in [6.07, 6.45) is 3.82. The van der Waals surface area contributed by atoms with Crippen LogP contribution >= 0.6 is 12.2 Å². The maximum Gasteiger partial charge on any atom is 0.129 e. The summed E-state index contributed by atoms with van der Waals surface area (Å²) in [5, 5.41) is 0. The number of aryl methyl sites for hydroxylation is 1. The Morgan fingerprint density at radius 2 is 2.00 bits per heavy atom. The molecule has 2 heterocycles. The maximum absolute atomic E-state index is 5.67. The number of pyridine rings is 1. The zero-order valence-corrected chi connectivity index (χ0v) is 10.4. The minimum atomic E-state index is 0.448. The van der Waals surface area contributed by atoms with Gasteiger partial charge in [-0.25, -0.2) is 4.98 Å². The molecule has 1 aromatic rings. The number of aromatic nitrogens is 1. The summed E-state index contributed by atoms with van der Waals surface area (Å²) in [4.78, 5) is 7.32. The van der Waals surface area contributed by atoms with E-state index >= 15 is 0 Å². The van der Waals surface area contributed by atoms with Gasteiger partial charge in [-0.2, -0.15) is 0 Å². The van der Waals surface area contributed by atoms with Crippen molar-refractivity contribution >= 4 is 23.0 Å². The van der Waals surface area contributed by atoms with Gasteiger partial charge in [0.1, 0.15) is 10.8 Å². The molecule has 0 saturated carbocycles. The number of nitrogens with zero attached hydrogens (tertiary/aromatic N) is 2. The molecular formula is C12H17N3S. The van der Waals surface area contributed by atoms with E-state index in [2.05, 4.69) is 9.88 Å². The third-order valence-corrected chi connectivity index (χ3v) is 3.14. The van der Waals surface area contributed by atoms with Gasteiger partial charge in [0.25, 0.3) is 0 Å². The van der Waals surface area contributed by atoms with Gasteiger partial charge in [-0.1, -0.05) is 12.2 Å². The maximum atomic E-state index is 5.67. The third-order valence-electron chi connectivity index (χ3n) is 2.90. The van der Waals surface area contributed by atoms with E-state index in [9.17, 15) is 0 Å². The molecule has 0 amide bonds. The Balaban J connectivity index is 2.28. The van der Waals surface area contributed by atoms with E-state index in [0.29, 0.717) is 4.99 Å². The van der Waals surface area contributed by atoms with E-state index in [-0.39, 0.29) is 0 Å². The Morgan fingerprint density at radius 3 is 2.62 bits per heavy atom. The minimum absolute atomic E-state index is 0.448. The van der Waals surface area contributed by atoms with E-state index in [1.807, 2.05) is 19.1 Å². The number of hydrogen-bond acceptors (Lipinski definition) is 3. The van der Waals surface area contributed by atoms with Crippen molar-refractivity contribution in [1.82, 2.24) is 4.98 Å². The zero-order chi connectivity index (χ0) is 11.5. The van der Waals surface area contributed by atoms with Crippen LogP contribution in [-0.4, -0.2) is 23.1 Å². The SMILES string of the molecule is Cc1cc(C(N)=S)cc(N2CCCCC2)n1. The molecule has 1 aromatic heterocycles. The van der Waals surface area contributed by atoms with Crippen LogP contribution in [0.1, 0.15) is 30.5 Å². The van der Waals surface area contributed by atoms with Crippen LogP contribution in [0.25, 0.3) is 0 Å². The molecule has 0 aliphatic carbocycles. The Labute approximate surface area is 102 Å². The number of thiocarbonyl (C=S) groups is 1. The van der Waals surface area contributed by atoms with Crippen molar-refractivity contribution in [3.05, 3.63) is 23.4 Å². The highest BCUT2D eigenvalue weighted by molar-refractivity contribution is 7.80. The first kappa shape index (κ1) is 11.3. The van der Waals surface area contributed by atoms with Crippen molar-refractivity contribution in [2.45, 2.75) is 26.2 Å². The van der Waals surface area contributed by atoms with E-state index in [0.717, 1.165) is 30.2 Å². The molecule has 1 aliphatic heterocycles. The summed E-state index contributed by atoms with van der Waals surface area (Å²) < 4.78 is 0. The first-order valence-electron chi connectivity index (χ1n) is 5.70. The summed E-state index contributed by atoms with van der Waals surface area (Å²) in [5.41, 5.74) is 7.56. The van der Waals surface area contributed by atoms with Crippen molar-refractivity contribution in [3.8, 4) is 0 Å². The quantitative estimate of drug-likeness (QED) is 0.796. The number of nitrogens with two attached hydrogens (primary N) is 1. The fourth-order valence-electron chi connectivity index (χ4n) is 2.08. The third kappa shape index (κ3) is 2.50. The highest BCUT2D eigenvalue weighted by atomic mass is 32.1. The molecule has 0 spiro atoms. The molecule has 2 N–H and O–H groups in total. The first-order valence-corrected chi connectivity index (χ1v) is 6.11. The van der Waals surface area contributed by atoms with Gasteiger partial charge in [0.2, 0.25) is 0 Å². The molecule has 0 aromatic carbocycles. The molecular weight excluding hydrogens is 218 g/mol. The van der Waals surface area contributed by atoms with Gasteiger partial charge in [-0.05, 0) is 38.3 Å². The number of piperidine rings is 1. The van der Waals surface area contributed by atoms with Crippen molar-refractivity contribution in [1.29, 1.82) is 0 Å². The summed E-state index contributed by atoms with van der Waals surface area (Å²) in [6, 6.07) is 3.94. The lowest BCUT2D eigenvalue weighted by molar-refractivity contribution is 0.573. The lowest BCUT2D eigenvalue weighted by Gasteiger charge is -2.28. The fraction of sp³-hybridized carbons (Fsp3) is 0.500. The molecule has 86 valence electrons. The van der Waals surface area contributed by atoms with Crippen LogP contribution in [0, 0.1) is 6.92 Å². The van der Waals surface area contributed by atoms with E-state index in [1.54, 1.807) is 0 Å². The Kier molecular flexibility index (Phi) is 3.39. The summed E-state index contributed by atoms with van der Waals surface area (Å²) in [6.45, 7) is 4.16. The summed E-state index contributed by atoms with van der Waals surface area (Å²) >= 11 is 5.01. The van der Waals surface area contributed by atoms with Gasteiger partial charge in [0.05, 0.1) is 0 Å². The van der Waals surface area contributed by atoms with Gasteiger partial charge >= 0.3 is 0 Å². The van der Waals surface area contributed by atoms with Crippen LogP contribution < -0.4 is 10.6 Å². The van der Waals surface area contributed by atoms with Gasteiger partial charge in [0, 0.05) is 24.3 Å². The van der Waals surface area contributed by atoms with Gasteiger partial charge in [-0.3, -0.25) is 0 Å². The van der Waals surface area contributed by atoms with Crippen LogP contribution in [0.2, 0.25) is 0 Å². The molecule has 3 nitrogen and oxygen atoms in total. The van der Waals surface area contributed by atoms with Gasteiger partial charge in [-0.15, -0.1) is 0 Å². The lowest BCUT2D eigenvalue weighted by Crippen LogP contribution is -2.30. The normalized spacial score (nSPS) is 16.2.